The summed E-state index contributed by atoms with van der Waals surface area (Å²) in [5.74, 6) is 0.612. The molecule has 7 nitrogen and oxygen atoms in total. The highest BCUT2D eigenvalue weighted by molar-refractivity contribution is 7.90. The van der Waals surface area contributed by atoms with E-state index in [1.165, 1.54) is 12.1 Å². The molecule has 2 aromatic heterocycles. The van der Waals surface area contributed by atoms with Crippen molar-refractivity contribution in [3.05, 3.63) is 70.4 Å². The van der Waals surface area contributed by atoms with E-state index in [0.717, 1.165) is 38.1 Å². The molecule has 0 saturated carbocycles. The number of rotatable bonds is 5. The summed E-state index contributed by atoms with van der Waals surface area (Å²) in [7, 11) is -3.96. The van der Waals surface area contributed by atoms with Crippen molar-refractivity contribution in [3.63, 3.8) is 0 Å². The summed E-state index contributed by atoms with van der Waals surface area (Å²) in [5.41, 5.74) is -0.578. The van der Waals surface area contributed by atoms with E-state index in [1.54, 1.807) is 31.2 Å². The van der Waals surface area contributed by atoms with Crippen molar-refractivity contribution in [2.24, 2.45) is 5.92 Å². The van der Waals surface area contributed by atoms with Crippen LogP contribution in [-0.4, -0.2) is 37.6 Å². The fourth-order valence-corrected chi connectivity index (χ4v) is 5.51. The molecule has 3 heterocycles. The van der Waals surface area contributed by atoms with Crippen LogP contribution in [-0.2, 0) is 31.4 Å². The monoisotopic (exact) mass is 567 g/mol. The number of aryl methyl sites for hydroxylation is 1. The summed E-state index contributed by atoms with van der Waals surface area (Å²) >= 11 is 6.03. The van der Waals surface area contributed by atoms with E-state index < -0.39 is 27.3 Å². The molecule has 3 aromatic rings. The summed E-state index contributed by atoms with van der Waals surface area (Å²) in [5, 5.41) is 0.127. The third-order valence-corrected chi connectivity index (χ3v) is 7.96. The maximum absolute atomic E-state index is 13.7. The Kier molecular flexibility index (Phi) is 9.30. The van der Waals surface area contributed by atoms with Crippen LogP contribution >= 0.6 is 11.6 Å². The predicted octanol–water partition coefficient (Wildman–Crippen LogP) is 5.75. The molecular formula is C26H25ClF3N3O4S. The van der Waals surface area contributed by atoms with Gasteiger partial charge >= 0.3 is 12.3 Å². The summed E-state index contributed by atoms with van der Waals surface area (Å²) in [6, 6.07) is 11.3. The lowest BCUT2D eigenvalue weighted by Crippen LogP contribution is -2.33. The highest BCUT2D eigenvalue weighted by atomic mass is 35.5. The van der Waals surface area contributed by atoms with Crippen LogP contribution in [0.3, 0.4) is 0 Å². The molecule has 0 radical (unpaired) electrons. The lowest BCUT2D eigenvalue weighted by molar-refractivity contribution is -0.191. The number of alkyl halides is 3. The lowest BCUT2D eigenvalue weighted by Gasteiger charge is -2.31. The molecule has 1 aliphatic rings. The van der Waals surface area contributed by atoms with E-state index in [-0.39, 0.29) is 33.2 Å². The molecular weight excluding hydrogens is 543 g/mol. The van der Waals surface area contributed by atoms with E-state index in [9.17, 15) is 21.6 Å². The fourth-order valence-electron chi connectivity index (χ4n) is 4.12. The molecule has 0 spiro atoms. The predicted molar refractivity (Wildman–Crippen MR) is 135 cm³/mol. The average molecular weight is 568 g/mol. The average Bonchev–Trinajstić information content (AvgIpc) is 2.85. The fraction of sp³-hybridized carbons (Fsp3) is 0.346. The molecule has 4 rings (SSSR count). The Balaban J connectivity index is 0.00000127. The second kappa shape index (κ2) is 12.1. The van der Waals surface area contributed by atoms with Crippen LogP contribution in [0.2, 0.25) is 5.02 Å². The zero-order valence-corrected chi connectivity index (χ0v) is 22.2. The van der Waals surface area contributed by atoms with Gasteiger partial charge < -0.3 is 4.90 Å². The highest BCUT2D eigenvalue weighted by Crippen LogP contribution is 2.38. The maximum atomic E-state index is 13.7. The van der Waals surface area contributed by atoms with Crippen LogP contribution in [0, 0.1) is 12.8 Å². The van der Waals surface area contributed by atoms with Gasteiger partial charge in [0.1, 0.15) is 5.82 Å². The van der Waals surface area contributed by atoms with Gasteiger partial charge in [-0.05, 0) is 67.6 Å². The molecule has 12 heteroatoms. The topological polar surface area (TPSA) is 97.3 Å². The number of hydrogen-bond acceptors (Lipinski definition) is 7. The van der Waals surface area contributed by atoms with Gasteiger partial charge in [0.2, 0.25) is 9.84 Å². The van der Waals surface area contributed by atoms with E-state index in [4.69, 9.17) is 21.2 Å². The van der Waals surface area contributed by atoms with E-state index in [2.05, 4.69) is 21.8 Å². The van der Waals surface area contributed by atoms with Crippen LogP contribution in [0.5, 0.6) is 0 Å². The molecule has 0 bridgehead atoms. The molecule has 0 atom stereocenters. The highest BCUT2D eigenvalue weighted by Gasteiger charge is 2.35. The number of anilines is 1. The Labute approximate surface area is 223 Å². The number of halogens is 4. The van der Waals surface area contributed by atoms with Crippen molar-refractivity contribution in [1.82, 2.24) is 9.97 Å². The summed E-state index contributed by atoms with van der Waals surface area (Å²) in [6.45, 7) is 5.41. The Hall–Kier alpha value is -3.27. The van der Waals surface area contributed by atoms with Crippen molar-refractivity contribution in [2.75, 3.05) is 18.0 Å². The van der Waals surface area contributed by atoms with Crippen LogP contribution in [0.4, 0.5) is 19.0 Å². The zero-order chi connectivity index (χ0) is 28.1. The molecule has 1 fully saturated rings. The second-order valence-electron chi connectivity index (χ2n) is 9.00. The molecule has 1 aromatic carbocycles. The van der Waals surface area contributed by atoms with E-state index >= 15 is 0 Å². The molecule has 1 saturated heterocycles. The minimum atomic E-state index is -4.67. The van der Waals surface area contributed by atoms with Gasteiger partial charge in [-0.3, -0.25) is 4.98 Å². The van der Waals surface area contributed by atoms with Crippen LogP contribution in [0.1, 0.15) is 36.6 Å². The Morgan fingerprint density at radius 1 is 1.05 bits per heavy atom. The van der Waals surface area contributed by atoms with Crippen LogP contribution in [0.25, 0.3) is 11.3 Å². The van der Waals surface area contributed by atoms with E-state index in [1.807, 2.05) is 0 Å². The lowest BCUT2D eigenvalue weighted by atomic mass is 9.99. The van der Waals surface area contributed by atoms with E-state index in [0.29, 0.717) is 17.3 Å². The first-order chi connectivity index (χ1) is 17.9. The Morgan fingerprint density at radius 2 is 1.71 bits per heavy atom. The van der Waals surface area contributed by atoms with Gasteiger partial charge in [-0.25, -0.2) is 13.4 Å². The Bertz CT molecular complexity index is 1430. The summed E-state index contributed by atoms with van der Waals surface area (Å²) in [4.78, 5) is 26.8. The van der Waals surface area contributed by atoms with Crippen molar-refractivity contribution < 1.29 is 31.2 Å². The van der Waals surface area contributed by atoms with Crippen molar-refractivity contribution >= 4 is 33.4 Å². The molecule has 0 unspecified atom stereocenters. The number of pyridine rings is 2. The number of carbonyl (C=O) groups excluding carboxylic acids is 2. The number of aromatic nitrogens is 2. The molecule has 38 heavy (non-hydrogen) atoms. The number of hydrogen-bond donors (Lipinski definition) is 0. The summed E-state index contributed by atoms with van der Waals surface area (Å²) in [6.07, 6.45) is -2.42. The van der Waals surface area contributed by atoms with Gasteiger partial charge in [0.25, 0.3) is 0 Å². The SMILES string of the molecule is Cc1ccc(Cl)cc1-c1nc(CS(=O)(=O)c2cccc(N3CCC(C)CC3)n2)ccc1C(F)(F)F.O=C=O. The molecule has 0 aliphatic carbocycles. The van der Waals surface area contributed by atoms with Gasteiger partial charge in [0.15, 0.2) is 5.03 Å². The largest absolute Gasteiger partial charge is 0.418 e. The van der Waals surface area contributed by atoms with Gasteiger partial charge in [0.05, 0.1) is 22.7 Å². The quantitative estimate of drug-likeness (QED) is 0.387. The third-order valence-electron chi connectivity index (χ3n) is 6.19. The minimum Gasteiger partial charge on any atom is -0.357 e. The van der Waals surface area contributed by atoms with Crippen LogP contribution < -0.4 is 4.90 Å². The van der Waals surface area contributed by atoms with Gasteiger partial charge in [-0.1, -0.05) is 30.7 Å². The van der Waals surface area contributed by atoms with Crippen molar-refractivity contribution in [3.8, 4) is 11.3 Å². The number of sulfone groups is 1. The summed E-state index contributed by atoms with van der Waals surface area (Å²) < 4.78 is 67.6. The molecule has 0 N–H and O–H groups in total. The zero-order valence-electron chi connectivity index (χ0n) is 20.6. The normalized spacial score (nSPS) is 14.4. The van der Waals surface area contributed by atoms with Gasteiger partial charge in [0, 0.05) is 23.7 Å². The van der Waals surface area contributed by atoms with Crippen molar-refractivity contribution in [2.45, 2.75) is 43.6 Å². The van der Waals surface area contributed by atoms with Gasteiger partial charge in [-0.15, -0.1) is 0 Å². The maximum Gasteiger partial charge on any atom is 0.418 e. The standard InChI is InChI=1S/C25H25ClF3N3O2S.CO2/c1-16-10-12-32(13-11-16)22-4-3-5-23(31-22)35(33,34)15-19-8-9-21(25(27,28)29)24(30-19)20-14-18(26)7-6-17(20)2;2-1-3/h3-9,14,16H,10-13,15H2,1-2H3;. The molecule has 202 valence electrons. The first kappa shape index (κ1) is 29.3. The first-order valence-electron chi connectivity index (χ1n) is 11.6. The third kappa shape index (κ3) is 7.18. The smallest absolute Gasteiger partial charge is 0.357 e. The van der Waals surface area contributed by atoms with Crippen molar-refractivity contribution in [1.29, 1.82) is 0 Å². The minimum absolute atomic E-state index is 0.00799. The molecule has 0 amide bonds. The van der Waals surface area contributed by atoms with Crippen LogP contribution in [0.15, 0.2) is 53.6 Å². The van der Waals surface area contributed by atoms with Gasteiger partial charge in [-0.2, -0.15) is 22.8 Å². The number of benzene rings is 1. The number of piperidine rings is 1. The number of nitrogens with zero attached hydrogens (tertiary/aromatic N) is 3. The second-order valence-corrected chi connectivity index (χ2v) is 11.4. The first-order valence-corrected chi connectivity index (χ1v) is 13.7. The Morgan fingerprint density at radius 3 is 2.34 bits per heavy atom. The molecule has 1 aliphatic heterocycles.